The van der Waals surface area contributed by atoms with Gasteiger partial charge in [-0.25, -0.2) is 13.6 Å². The molecule has 0 bridgehead atoms. The average molecular weight is 384 g/mol. The Morgan fingerprint density at radius 2 is 1.82 bits per heavy atom. The zero-order valence-corrected chi connectivity index (χ0v) is 14.6. The highest BCUT2D eigenvalue weighted by Gasteiger charge is 2.12. The molecule has 28 heavy (non-hydrogen) atoms. The van der Waals surface area contributed by atoms with Gasteiger partial charge in [0.25, 0.3) is 5.91 Å². The van der Waals surface area contributed by atoms with Crippen molar-refractivity contribution in [2.45, 2.75) is 0 Å². The first-order chi connectivity index (χ1) is 13.5. The molecule has 0 aliphatic rings. The van der Waals surface area contributed by atoms with Gasteiger partial charge in [0.1, 0.15) is 11.6 Å². The third-order valence-corrected chi connectivity index (χ3v) is 3.63. The van der Waals surface area contributed by atoms with Gasteiger partial charge in [-0.3, -0.25) is 4.79 Å². The average Bonchev–Trinajstić information content (AvgIpc) is 2.70. The Labute approximate surface area is 158 Å². The van der Waals surface area contributed by atoms with Crippen LogP contribution in [0, 0.1) is 11.6 Å². The third-order valence-electron chi connectivity index (χ3n) is 3.63. The summed E-state index contributed by atoms with van der Waals surface area (Å²) in [6, 6.07) is 12.2. The van der Waals surface area contributed by atoms with Crippen LogP contribution in [0.2, 0.25) is 0 Å². The van der Waals surface area contributed by atoms with Crippen molar-refractivity contribution >= 4 is 29.1 Å². The number of carbonyl (C=O) groups is 2. The van der Waals surface area contributed by atoms with Crippen molar-refractivity contribution in [3.63, 3.8) is 0 Å². The van der Waals surface area contributed by atoms with Crippen molar-refractivity contribution < 1.29 is 23.1 Å². The van der Waals surface area contributed by atoms with Gasteiger partial charge < -0.3 is 15.4 Å². The second kappa shape index (κ2) is 8.21. The molecule has 1 heterocycles. The predicted octanol–water partition coefficient (Wildman–Crippen LogP) is 3.54. The van der Waals surface area contributed by atoms with E-state index >= 15 is 0 Å². The van der Waals surface area contributed by atoms with Crippen molar-refractivity contribution in [1.29, 1.82) is 0 Å². The molecule has 1 amide bonds. The zero-order valence-electron chi connectivity index (χ0n) is 14.6. The Morgan fingerprint density at radius 3 is 2.50 bits per heavy atom. The lowest BCUT2D eigenvalue weighted by atomic mass is 10.2. The van der Waals surface area contributed by atoms with E-state index in [0.717, 1.165) is 12.1 Å². The summed E-state index contributed by atoms with van der Waals surface area (Å²) >= 11 is 0. The van der Waals surface area contributed by atoms with Crippen LogP contribution in [-0.2, 0) is 4.74 Å². The van der Waals surface area contributed by atoms with Gasteiger partial charge in [-0.2, -0.15) is 0 Å². The first-order valence-corrected chi connectivity index (χ1v) is 8.02. The van der Waals surface area contributed by atoms with E-state index < -0.39 is 23.5 Å². The number of ether oxygens (including phenoxy) is 1. The van der Waals surface area contributed by atoms with E-state index in [1.807, 2.05) is 0 Å². The van der Waals surface area contributed by atoms with Gasteiger partial charge in [0.2, 0.25) is 0 Å². The quantitative estimate of drug-likeness (QED) is 0.654. The molecule has 9 heteroatoms. The molecule has 0 atom stereocenters. The molecular formula is C19H14F2N4O3. The first-order valence-electron chi connectivity index (χ1n) is 8.02. The maximum absolute atomic E-state index is 13.6. The lowest BCUT2D eigenvalue weighted by Gasteiger charge is -2.08. The molecule has 0 saturated carbocycles. The molecule has 0 unspecified atom stereocenters. The number of carbonyl (C=O) groups excluding carboxylic acids is 2. The van der Waals surface area contributed by atoms with Crippen molar-refractivity contribution in [3.8, 4) is 0 Å². The minimum Gasteiger partial charge on any atom is -0.465 e. The number of amides is 1. The summed E-state index contributed by atoms with van der Waals surface area (Å²) in [6.45, 7) is 0. The van der Waals surface area contributed by atoms with Gasteiger partial charge in [-0.15, -0.1) is 10.2 Å². The lowest BCUT2D eigenvalue weighted by molar-refractivity contribution is 0.0600. The lowest BCUT2D eigenvalue weighted by Crippen LogP contribution is -2.15. The van der Waals surface area contributed by atoms with E-state index in [1.165, 1.54) is 19.2 Å². The van der Waals surface area contributed by atoms with E-state index in [4.69, 9.17) is 0 Å². The topological polar surface area (TPSA) is 93.2 Å². The van der Waals surface area contributed by atoms with Crippen molar-refractivity contribution in [2.24, 2.45) is 0 Å². The molecule has 2 aromatic carbocycles. The second-order valence-electron chi connectivity index (χ2n) is 5.58. The second-order valence-corrected chi connectivity index (χ2v) is 5.58. The van der Waals surface area contributed by atoms with Crippen LogP contribution in [0.25, 0.3) is 0 Å². The highest BCUT2D eigenvalue weighted by atomic mass is 19.1. The molecule has 2 N–H and O–H groups in total. The van der Waals surface area contributed by atoms with Gasteiger partial charge in [0.05, 0.1) is 18.4 Å². The Balaban J connectivity index is 1.69. The number of esters is 1. The molecule has 1 aromatic heterocycles. The molecule has 0 spiro atoms. The summed E-state index contributed by atoms with van der Waals surface area (Å²) in [4.78, 5) is 23.7. The van der Waals surface area contributed by atoms with Gasteiger partial charge in [0, 0.05) is 11.8 Å². The summed E-state index contributed by atoms with van der Waals surface area (Å²) < 4.78 is 31.2. The van der Waals surface area contributed by atoms with E-state index in [-0.39, 0.29) is 11.4 Å². The number of benzene rings is 2. The molecule has 142 valence electrons. The van der Waals surface area contributed by atoms with Crippen molar-refractivity contribution in [3.05, 3.63) is 77.5 Å². The van der Waals surface area contributed by atoms with Gasteiger partial charge in [0.15, 0.2) is 11.5 Å². The third kappa shape index (κ3) is 4.44. The smallest absolute Gasteiger partial charge is 0.337 e. The normalized spacial score (nSPS) is 10.2. The molecule has 0 saturated heterocycles. The number of hydrogen-bond acceptors (Lipinski definition) is 6. The van der Waals surface area contributed by atoms with E-state index in [1.54, 1.807) is 24.3 Å². The van der Waals surface area contributed by atoms with Crippen molar-refractivity contribution in [1.82, 2.24) is 10.2 Å². The number of nitrogens with zero attached hydrogens (tertiary/aromatic N) is 2. The van der Waals surface area contributed by atoms with E-state index in [9.17, 15) is 18.4 Å². The molecule has 0 fully saturated rings. The maximum atomic E-state index is 13.6. The Hall–Kier alpha value is -3.88. The minimum atomic E-state index is -0.898. The van der Waals surface area contributed by atoms with Crippen LogP contribution in [0.1, 0.15) is 20.8 Å². The van der Waals surface area contributed by atoms with Crippen LogP contribution in [0.5, 0.6) is 0 Å². The fourth-order valence-corrected chi connectivity index (χ4v) is 2.29. The molecule has 3 rings (SSSR count). The van der Waals surface area contributed by atoms with Crippen LogP contribution >= 0.6 is 0 Å². The fourth-order valence-electron chi connectivity index (χ4n) is 2.29. The van der Waals surface area contributed by atoms with Crippen LogP contribution in [0.4, 0.5) is 26.0 Å². The maximum Gasteiger partial charge on any atom is 0.337 e. The molecule has 0 aliphatic carbocycles. The minimum absolute atomic E-state index is 0.0578. The highest BCUT2D eigenvalue weighted by molar-refractivity contribution is 6.02. The zero-order chi connectivity index (χ0) is 20.1. The monoisotopic (exact) mass is 384 g/mol. The Bertz CT molecular complexity index is 1030. The Kier molecular flexibility index (Phi) is 5.54. The molecule has 7 nitrogen and oxygen atoms in total. The molecule has 3 aromatic rings. The number of hydrogen-bond donors (Lipinski definition) is 2. The summed E-state index contributed by atoms with van der Waals surface area (Å²) in [6.07, 6.45) is 0. The van der Waals surface area contributed by atoms with Crippen molar-refractivity contribution in [2.75, 3.05) is 17.7 Å². The number of aromatic nitrogens is 2. The summed E-state index contributed by atoms with van der Waals surface area (Å²) in [5.41, 5.74) is 0.702. The predicted molar refractivity (Wildman–Crippen MR) is 97.4 cm³/mol. The summed E-state index contributed by atoms with van der Waals surface area (Å²) in [7, 11) is 1.29. The number of anilines is 3. The van der Waals surface area contributed by atoms with Gasteiger partial charge in [-0.1, -0.05) is 6.07 Å². The van der Waals surface area contributed by atoms with Crippen LogP contribution < -0.4 is 10.6 Å². The number of nitrogens with one attached hydrogen (secondary N) is 2. The van der Waals surface area contributed by atoms with Crippen LogP contribution in [0.15, 0.2) is 54.6 Å². The first kappa shape index (κ1) is 18.9. The molecule has 0 aliphatic heterocycles. The SMILES string of the molecule is COC(=O)c1cccc(Nc2ccc(C(=O)Nc3ccc(F)cc3F)nn2)c1. The van der Waals surface area contributed by atoms with E-state index in [0.29, 0.717) is 23.1 Å². The standard InChI is InChI=1S/C19H14F2N4O3/c1-28-19(27)11-3-2-4-13(9-11)22-17-8-7-16(24-25-17)18(26)23-15-6-5-12(20)10-14(15)21/h2-10H,1H3,(H,22,25)(H,23,26). The van der Waals surface area contributed by atoms with Gasteiger partial charge in [-0.05, 0) is 42.5 Å². The van der Waals surface area contributed by atoms with Crippen LogP contribution in [0.3, 0.4) is 0 Å². The van der Waals surface area contributed by atoms with Crippen LogP contribution in [-0.4, -0.2) is 29.2 Å². The van der Waals surface area contributed by atoms with Gasteiger partial charge >= 0.3 is 5.97 Å². The van der Waals surface area contributed by atoms with E-state index in [2.05, 4.69) is 25.6 Å². The molecular weight excluding hydrogens is 370 g/mol. The summed E-state index contributed by atoms with van der Waals surface area (Å²) in [5, 5.41) is 12.9. The molecule has 0 radical (unpaired) electrons. The largest absolute Gasteiger partial charge is 0.465 e. The Morgan fingerprint density at radius 1 is 1.00 bits per heavy atom. The number of methoxy groups -OCH3 is 1. The number of halogens is 2. The number of rotatable bonds is 5. The summed E-state index contributed by atoms with van der Waals surface area (Å²) in [5.74, 6) is -2.49. The highest BCUT2D eigenvalue weighted by Crippen LogP contribution is 2.18. The fraction of sp³-hybridized carbons (Fsp3) is 0.0526.